The van der Waals surface area contributed by atoms with Crippen molar-refractivity contribution in [2.45, 2.75) is 12.8 Å². The lowest BCUT2D eigenvalue weighted by Gasteiger charge is -2.37. The van der Waals surface area contributed by atoms with Gasteiger partial charge in [0.25, 0.3) is 0 Å². The van der Waals surface area contributed by atoms with Gasteiger partial charge < -0.3 is 15.1 Å². The molecule has 2 fully saturated rings. The van der Waals surface area contributed by atoms with Crippen LogP contribution < -0.4 is 10.2 Å². The molecule has 0 spiro atoms. The summed E-state index contributed by atoms with van der Waals surface area (Å²) in [4.78, 5) is 25.1. The summed E-state index contributed by atoms with van der Waals surface area (Å²) in [6.07, 6.45) is 5.46. The van der Waals surface area contributed by atoms with Crippen molar-refractivity contribution in [3.63, 3.8) is 0 Å². The van der Waals surface area contributed by atoms with Crippen LogP contribution in [0.5, 0.6) is 0 Å². The van der Waals surface area contributed by atoms with Crippen LogP contribution in [-0.4, -0.2) is 60.0 Å². The maximum Gasteiger partial charge on any atom is 0.225 e. The van der Waals surface area contributed by atoms with Crippen LogP contribution in [0.15, 0.2) is 18.5 Å². The van der Waals surface area contributed by atoms with Crippen molar-refractivity contribution < 1.29 is 4.79 Å². The van der Waals surface area contributed by atoms with Crippen LogP contribution in [-0.2, 0) is 4.79 Å². The first kappa shape index (κ1) is 18.9. The lowest BCUT2D eigenvalue weighted by molar-refractivity contribution is -0.136. The van der Waals surface area contributed by atoms with E-state index in [1.807, 2.05) is 11.0 Å². The highest BCUT2D eigenvalue weighted by molar-refractivity contribution is 5.85. The summed E-state index contributed by atoms with van der Waals surface area (Å²) in [7, 11) is 0. The van der Waals surface area contributed by atoms with E-state index in [0.29, 0.717) is 5.91 Å². The maximum atomic E-state index is 12.4. The van der Waals surface area contributed by atoms with Gasteiger partial charge in [0.05, 0.1) is 0 Å². The molecule has 1 aromatic rings. The molecule has 0 radical (unpaired) electrons. The Morgan fingerprint density at radius 1 is 1.05 bits per heavy atom. The quantitative estimate of drug-likeness (QED) is 0.863. The minimum atomic E-state index is 0. The number of piperidine rings is 1. The van der Waals surface area contributed by atoms with Crippen molar-refractivity contribution in [1.29, 1.82) is 0 Å². The number of carbonyl (C=O) groups is 1. The third-order valence-electron chi connectivity index (χ3n) is 4.11. The van der Waals surface area contributed by atoms with Gasteiger partial charge in [-0.25, -0.2) is 9.97 Å². The number of rotatable bonds is 2. The van der Waals surface area contributed by atoms with E-state index >= 15 is 0 Å². The molecule has 22 heavy (non-hydrogen) atoms. The summed E-state index contributed by atoms with van der Waals surface area (Å²) in [6, 6.07) is 1.82. The monoisotopic (exact) mass is 347 g/mol. The standard InChI is InChI=1S/C14H21N5O.2ClH/c20-13(12-2-6-15-7-3-12)18-8-10-19(11-9-18)14-16-4-1-5-17-14;;/h1,4-5,12,15H,2-3,6-11H2;2*1H. The summed E-state index contributed by atoms with van der Waals surface area (Å²) in [5, 5.41) is 3.31. The number of carbonyl (C=O) groups excluding carboxylic acids is 1. The summed E-state index contributed by atoms with van der Waals surface area (Å²) in [6.45, 7) is 5.13. The van der Waals surface area contributed by atoms with Gasteiger partial charge in [0.15, 0.2) is 0 Å². The predicted molar refractivity (Wildman–Crippen MR) is 90.9 cm³/mol. The summed E-state index contributed by atoms with van der Waals surface area (Å²) in [5.41, 5.74) is 0. The topological polar surface area (TPSA) is 61.4 Å². The number of piperazine rings is 1. The van der Waals surface area contributed by atoms with Crippen LogP contribution in [0.25, 0.3) is 0 Å². The minimum absolute atomic E-state index is 0. The van der Waals surface area contributed by atoms with Crippen LogP contribution in [0.2, 0.25) is 0 Å². The number of anilines is 1. The molecule has 3 rings (SSSR count). The van der Waals surface area contributed by atoms with Gasteiger partial charge in [0.2, 0.25) is 11.9 Å². The molecular formula is C14H23Cl2N5O. The highest BCUT2D eigenvalue weighted by atomic mass is 35.5. The molecule has 0 aliphatic carbocycles. The Hall–Kier alpha value is -1.11. The summed E-state index contributed by atoms with van der Waals surface area (Å²) >= 11 is 0. The van der Waals surface area contributed by atoms with E-state index in [0.717, 1.165) is 58.1 Å². The van der Waals surface area contributed by atoms with Crippen LogP contribution >= 0.6 is 24.8 Å². The first-order valence-electron chi connectivity index (χ1n) is 7.36. The molecule has 0 unspecified atom stereocenters. The van der Waals surface area contributed by atoms with Gasteiger partial charge in [-0.15, -0.1) is 24.8 Å². The Kier molecular flexibility index (Phi) is 7.85. The molecule has 0 aromatic carbocycles. The Labute approximate surface area is 143 Å². The van der Waals surface area contributed by atoms with Crippen LogP contribution in [0.4, 0.5) is 5.95 Å². The first-order chi connectivity index (χ1) is 9.84. The third kappa shape index (κ3) is 4.44. The van der Waals surface area contributed by atoms with Crippen molar-refractivity contribution in [3.8, 4) is 0 Å². The second-order valence-corrected chi connectivity index (χ2v) is 5.39. The van der Waals surface area contributed by atoms with Crippen molar-refractivity contribution in [2.75, 3.05) is 44.2 Å². The van der Waals surface area contributed by atoms with Gasteiger partial charge in [-0.3, -0.25) is 4.79 Å². The molecule has 2 aliphatic heterocycles. The Morgan fingerprint density at radius 3 is 2.23 bits per heavy atom. The number of nitrogens with one attached hydrogen (secondary N) is 1. The van der Waals surface area contributed by atoms with Gasteiger partial charge in [-0.2, -0.15) is 0 Å². The average Bonchev–Trinajstić information content (AvgIpc) is 2.56. The summed E-state index contributed by atoms with van der Waals surface area (Å²) < 4.78 is 0. The van der Waals surface area contributed by atoms with Crippen molar-refractivity contribution in [3.05, 3.63) is 18.5 Å². The molecular weight excluding hydrogens is 325 g/mol. The van der Waals surface area contributed by atoms with E-state index in [1.165, 1.54) is 0 Å². The average molecular weight is 348 g/mol. The second-order valence-electron chi connectivity index (χ2n) is 5.39. The van der Waals surface area contributed by atoms with Gasteiger partial charge in [-0.05, 0) is 32.0 Å². The maximum absolute atomic E-state index is 12.4. The van der Waals surface area contributed by atoms with E-state index in [9.17, 15) is 4.79 Å². The lowest BCUT2D eigenvalue weighted by atomic mass is 9.96. The molecule has 1 amide bonds. The molecule has 1 N–H and O–H groups in total. The summed E-state index contributed by atoms with van der Waals surface area (Å²) in [5.74, 6) is 1.32. The van der Waals surface area contributed by atoms with E-state index in [2.05, 4.69) is 20.2 Å². The van der Waals surface area contributed by atoms with Crippen molar-refractivity contribution in [2.24, 2.45) is 5.92 Å². The number of nitrogens with zero attached hydrogens (tertiary/aromatic N) is 4. The van der Waals surface area contributed by atoms with E-state index in [1.54, 1.807) is 12.4 Å². The van der Waals surface area contributed by atoms with Gasteiger partial charge in [0.1, 0.15) is 0 Å². The zero-order chi connectivity index (χ0) is 13.8. The lowest BCUT2D eigenvalue weighted by Crippen LogP contribution is -2.51. The fraction of sp³-hybridized carbons (Fsp3) is 0.643. The first-order valence-corrected chi connectivity index (χ1v) is 7.36. The van der Waals surface area contributed by atoms with Crippen molar-refractivity contribution in [1.82, 2.24) is 20.2 Å². The zero-order valence-corrected chi connectivity index (χ0v) is 14.1. The Morgan fingerprint density at radius 2 is 1.64 bits per heavy atom. The molecule has 124 valence electrons. The molecule has 1 aromatic heterocycles. The van der Waals surface area contributed by atoms with Crippen LogP contribution in [0.1, 0.15) is 12.8 Å². The SMILES string of the molecule is Cl.Cl.O=C(C1CCNCC1)N1CCN(c2ncccn2)CC1. The molecule has 0 saturated carbocycles. The van der Waals surface area contributed by atoms with E-state index in [4.69, 9.17) is 0 Å². The largest absolute Gasteiger partial charge is 0.339 e. The highest BCUT2D eigenvalue weighted by Gasteiger charge is 2.28. The molecule has 2 aliphatic rings. The van der Waals surface area contributed by atoms with Gasteiger partial charge in [0, 0.05) is 44.5 Å². The molecule has 3 heterocycles. The zero-order valence-electron chi connectivity index (χ0n) is 12.5. The fourth-order valence-electron chi connectivity index (χ4n) is 2.91. The third-order valence-corrected chi connectivity index (χ3v) is 4.11. The van der Waals surface area contributed by atoms with E-state index < -0.39 is 0 Å². The van der Waals surface area contributed by atoms with Crippen LogP contribution in [0, 0.1) is 5.92 Å². The van der Waals surface area contributed by atoms with Gasteiger partial charge >= 0.3 is 0 Å². The molecule has 6 nitrogen and oxygen atoms in total. The fourth-order valence-corrected chi connectivity index (χ4v) is 2.91. The number of aromatic nitrogens is 2. The van der Waals surface area contributed by atoms with Crippen molar-refractivity contribution >= 4 is 36.7 Å². The number of halogens is 2. The van der Waals surface area contributed by atoms with E-state index in [-0.39, 0.29) is 30.7 Å². The molecule has 0 bridgehead atoms. The Balaban J connectivity index is 0.00000121. The minimum Gasteiger partial charge on any atom is -0.339 e. The van der Waals surface area contributed by atoms with Crippen LogP contribution in [0.3, 0.4) is 0 Å². The highest BCUT2D eigenvalue weighted by Crippen LogP contribution is 2.17. The smallest absolute Gasteiger partial charge is 0.225 e. The predicted octanol–water partition coefficient (Wildman–Crippen LogP) is 0.968. The molecule has 0 atom stereocenters. The molecule has 8 heteroatoms. The number of amides is 1. The molecule has 2 saturated heterocycles. The normalized spacial score (nSPS) is 19.1. The number of hydrogen-bond donors (Lipinski definition) is 1. The number of hydrogen-bond acceptors (Lipinski definition) is 5. The Bertz CT molecular complexity index is 448. The van der Waals surface area contributed by atoms with Gasteiger partial charge in [-0.1, -0.05) is 0 Å². The second kappa shape index (κ2) is 9.12.